The molecule has 1 fully saturated rings. The highest BCUT2D eigenvalue weighted by atomic mass is 14.4. The summed E-state index contributed by atoms with van der Waals surface area (Å²) in [6, 6.07) is 9.16. The first-order valence-corrected chi connectivity index (χ1v) is 6.04. The van der Waals surface area contributed by atoms with E-state index in [0.29, 0.717) is 5.41 Å². The fourth-order valence-electron chi connectivity index (χ4n) is 2.46. The summed E-state index contributed by atoms with van der Waals surface area (Å²) in [5.74, 6) is 0. The van der Waals surface area contributed by atoms with Gasteiger partial charge in [0.25, 0.3) is 0 Å². The Balaban J connectivity index is 2.19. The van der Waals surface area contributed by atoms with E-state index >= 15 is 0 Å². The molecule has 80 valence electrons. The molecule has 0 saturated heterocycles. The smallest absolute Gasteiger partial charge is 0.0129 e. The number of hydrogen-bond acceptors (Lipinski definition) is 0. The van der Waals surface area contributed by atoms with Crippen molar-refractivity contribution >= 4 is 0 Å². The van der Waals surface area contributed by atoms with Gasteiger partial charge in [-0.3, -0.25) is 0 Å². The molecule has 0 spiro atoms. The van der Waals surface area contributed by atoms with E-state index in [1.165, 1.54) is 43.2 Å². The Bertz CT molecular complexity index is 328. The van der Waals surface area contributed by atoms with Crippen LogP contribution in [0.15, 0.2) is 36.9 Å². The van der Waals surface area contributed by atoms with Gasteiger partial charge in [-0.1, -0.05) is 50.1 Å². The topological polar surface area (TPSA) is 0 Å². The zero-order chi connectivity index (χ0) is 10.7. The van der Waals surface area contributed by atoms with Gasteiger partial charge in [-0.25, -0.2) is 0 Å². The van der Waals surface area contributed by atoms with E-state index in [-0.39, 0.29) is 0 Å². The van der Waals surface area contributed by atoms with E-state index in [1.54, 1.807) is 0 Å². The first-order chi connectivity index (χ1) is 7.30. The molecule has 0 aromatic heterocycles. The molecule has 0 heterocycles. The van der Waals surface area contributed by atoms with Gasteiger partial charge in [0, 0.05) is 5.41 Å². The van der Waals surface area contributed by atoms with Crippen LogP contribution in [-0.2, 0) is 11.8 Å². The third-order valence-electron chi connectivity index (χ3n) is 3.70. The SMILES string of the molecule is C=CC1(c2ccc(CCC)cc2)CCC1. The molecular formula is C15H20. The van der Waals surface area contributed by atoms with Gasteiger partial charge in [0.15, 0.2) is 0 Å². The minimum Gasteiger partial charge on any atom is -0.102 e. The van der Waals surface area contributed by atoms with E-state index in [9.17, 15) is 0 Å². The van der Waals surface area contributed by atoms with Crippen LogP contribution in [0.5, 0.6) is 0 Å². The average molecular weight is 200 g/mol. The maximum Gasteiger partial charge on any atom is 0.0129 e. The summed E-state index contributed by atoms with van der Waals surface area (Å²) >= 11 is 0. The predicted octanol–water partition coefficient (Wildman–Crippen LogP) is 4.25. The molecule has 0 nitrogen and oxygen atoms in total. The molecule has 0 aliphatic heterocycles. The number of aryl methyl sites for hydroxylation is 1. The van der Waals surface area contributed by atoms with Crippen molar-refractivity contribution in [3.8, 4) is 0 Å². The van der Waals surface area contributed by atoms with E-state index in [4.69, 9.17) is 0 Å². The van der Waals surface area contributed by atoms with Crippen molar-refractivity contribution in [1.29, 1.82) is 0 Å². The lowest BCUT2D eigenvalue weighted by atomic mass is 9.64. The van der Waals surface area contributed by atoms with Crippen LogP contribution in [0.1, 0.15) is 43.7 Å². The summed E-state index contributed by atoms with van der Waals surface area (Å²) in [5.41, 5.74) is 3.23. The van der Waals surface area contributed by atoms with Crippen molar-refractivity contribution in [2.75, 3.05) is 0 Å². The summed E-state index contributed by atoms with van der Waals surface area (Å²) in [6.45, 7) is 6.22. The van der Waals surface area contributed by atoms with Gasteiger partial charge in [-0.2, -0.15) is 0 Å². The third-order valence-corrected chi connectivity index (χ3v) is 3.70. The number of allylic oxidation sites excluding steroid dienone is 1. The first kappa shape index (κ1) is 10.5. The molecule has 1 aliphatic carbocycles. The van der Waals surface area contributed by atoms with Gasteiger partial charge in [-0.15, -0.1) is 6.58 Å². The van der Waals surface area contributed by atoms with Gasteiger partial charge in [0.1, 0.15) is 0 Å². The van der Waals surface area contributed by atoms with Crippen LogP contribution < -0.4 is 0 Å². The highest BCUT2D eigenvalue weighted by Crippen LogP contribution is 2.44. The normalized spacial score (nSPS) is 18.2. The summed E-state index contributed by atoms with van der Waals surface area (Å²) in [5, 5.41) is 0. The van der Waals surface area contributed by atoms with Crippen molar-refractivity contribution in [2.45, 2.75) is 44.4 Å². The second-order valence-corrected chi connectivity index (χ2v) is 4.66. The Morgan fingerprint density at radius 1 is 1.27 bits per heavy atom. The summed E-state index contributed by atoms with van der Waals surface area (Å²) < 4.78 is 0. The van der Waals surface area contributed by atoms with Crippen LogP contribution in [0.3, 0.4) is 0 Å². The molecule has 1 saturated carbocycles. The van der Waals surface area contributed by atoms with Crippen LogP contribution >= 0.6 is 0 Å². The minimum atomic E-state index is 0.310. The molecule has 2 rings (SSSR count). The van der Waals surface area contributed by atoms with Crippen molar-refractivity contribution < 1.29 is 0 Å². The Labute approximate surface area is 93.0 Å². The van der Waals surface area contributed by atoms with E-state index < -0.39 is 0 Å². The Hall–Kier alpha value is -1.04. The molecule has 0 unspecified atom stereocenters. The highest BCUT2D eigenvalue weighted by molar-refractivity contribution is 5.35. The number of benzene rings is 1. The molecule has 0 radical (unpaired) electrons. The van der Waals surface area contributed by atoms with Crippen LogP contribution in [-0.4, -0.2) is 0 Å². The van der Waals surface area contributed by atoms with Crippen molar-refractivity contribution in [1.82, 2.24) is 0 Å². The van der Waals surface area contributed by atoms with Gasteiger partial charge in [-0.05, 0) is 30.4 Å². The van der Waals surface area contributed by atoms with Gasteiger partial charge in [0.2, 0.25) is 0 Å². The summed E-state index contributed by atoms with van der Waals surface area (Å²) in [7, 11) is 0. The van der Waals surface area contributed by atoms with E-state index in [0.717, 1.165) is 0 Å². The van der Waals surface area contributed by atoms with Crippen LogP contribution in [0.4, 0.5) is 0 Å². The highest BCUT2D eigenvalue weighted by Gasteiger charge is 2.35. The first-order valence-electron chi connectivity index (χ1n) is 6.04. The lowest BCUT2D eigenvalue weighted by molar-refractivity contribution is 0.314. The van der Waals surface area contributed by atoms with Crippen molar-refractivity contribution in [2.24, 2.45) is 0 Å². The molecule has 1 aliphatic rings. The molecule has 15 heavy (non-hydrogen) atoms. The molecule has 0 atom stereocenters. The monoisotopic (exact) mass is 200 g/mol. The summed E-state index contributed by atoms with van der Waals surface area (Å²) in [6.07, 6.45) is 8.48. The van der Waals surface area contributed by atoms with Crippen molar-refractivity contribution in [3.63, 3.8) is 0 Å². The Morgan fingerprint density at radius 2 is 1.93 bits per heavy atom. The fourth-order valence-corrected chi connectivity index (χ4v) is 2.46. The second-order valence-electron chi connectivity index (χ2n) is 4.66. The fraction of sp³-hybridized carbons (Fsp3) is 0.467. The Morgan fingerprint density at radius 3 is 2.33 bits per heavy atom. The molecular weight excluding hydrogens is 180 g/mol. The van der Waals surface area contributed by atoms with E-state index in [1.807, 2.05) is 0 Å². The standard InChI is InChI=1S/C15H20/c1-3-6-13-7-9-14(10-8-13)15(4-2)11-5-12-15/h4,7-10H,2-3,5-6,11-12H2,1H3. The Kier molecular flexibility index (Phi) is 2.95. The maximum absolute atomic E-state index is 3.99. The molecule has 1 aromatic rings. The quantitative estimate of drug-likeness (QED) is 0.637. The predicted molar refractivity (Wildman–Crippen MR) is 66.2 cm³/mol. The zero-order valence-electron chi connectivity index (χ0n) is 9.63. The second kappa shape index (κ2) is 4.22. The van der Waals surface area contributed by atoms with Gasteiger partial charge >= 0.3 is 0 Å². The van der Waals surface area contributed by atoms with Gasteiger partial charge < -0.3 is 0 Å². The zero-order valence-corrected chi connectivity index (χ0v) is 9.63. The average Bonchev–Trinajstić information content (AvgIpc) is 2.20. The largest absolute Gasteiger partial charge is 0.102 e. The van der Waals surface area contributed by atoms with Crippen LogP contribution in [0, 0.1) is 0 Å². The maximum atomic E-state index is 3.99. The van der Waals surface area contributed by atoms with Gasteiger partial charge in [0.05, 0.1) is 0 Å². The number of rotatable bonds is 4. The summed E-state index contributed by atoms with van der Waals surface area (Å²) in [4.78, 5) is 0. The van der Waals surface area contributed by atoms with Crippen LogP contribution in [0.25, 0.3) is 0 Å². The third kappa shape index (κ3) is 1.86. The molecule has 0 heteroatoms. The molecule has 0 amide bonds. The minimum absolute atomic E-state index is 0.310. The van der Waals surface area contributed by atoms with E-state index in [2.05, 4.69) is 43.8 Å². The lowest BCUT2D eigenvalue weighted by Gasteiger charge is -2.39. The molecule has 1 aromatic carbocycles. The van der Waals surface area contributed by atoms with Crippen molar-refractivity contribution in [3.05, 3.63) is 48.0 Å². The molecule has 0 N–H and O–H groups in total. The lowest BCUT2D eigenvalue weighted by Crippen LogP contribution is -2.31. The van der Waals surface area contributed by atoms with Crippen LogP contribution in [0.2, 0.25) is 0 Å². The molecule has 0 bridgehead atoms. The number of hydrogen-bond donors (Lipinski definition) is 0.